The Morgan fingerprint density at radius 2 is 1.95 bits per heavy atom. The van der Waals surface area contributed by atoms with E-state index in [1.165, 1.54) is 12.3 Å². The molecule has 0 saturated carbocycles. The van der Waals surface area contributed by atoms with Gasteiger partial charge in [0.25, 0.3) is 10.0 Å². The van der Waals surface area contributed by atoms with Gasteiger partial charge >= 0.3 is 0 Å². The van der Waals surface area contributed by atoms with Crippen molar-refractivity contribution in [3.63, 3.8) is 0 Å². The first-order valence-corrected chi connectivity index (χ1v) is 7.54. The molecule has 1 heterocycles. The Morgan fingerprint density at radius 3 is 2.60 bits per heavy atom. The maximum absolute atomic E-state index is 12.4. The number of rotatable bonds is 3. The number of halogens is 1. The van der Waals surface area contributed by atoms with Crippen molar-refractivity contribution in [3.8, 4) is 0 Å². The summed E-state index contributed by atoms with van der Waals surface area (Å²) in [6.45, 7) is 3.36. The van der Waals surface area contributed by atoms with Gasteiger partial charge in [0.1, 0.15) is 5.82 Å². The summed E-state index contributed by atoms with van der Waals surface area (Å²) in [5.41, 5.74) is 7.28. The summed E-state index contributed by atoms with van der Waals surface area (Å²) in [7, 11) is -3.79. The Bertz CT molecular complexity index is 762. The molecule has 0 fully saturated rings. The summed E-state index contributed by atoms with van der Waals surface area (Å²) in [5.74, 6) is 0.103. The monoisotopic (exact) mass is 312 g/mol. The fourth-order valence-electron chi connectivity index (χ4n) is 1.84. The number of nitrogens with zero attached hydrogens (tertiary/aromatic N) is 2. The van der Waals surface area contributed by atoms with Crippen molar-refractivity contribution in [3.05, 3.63) is 40.8 Å². The van der Waals surface area contributed by atoms with Crippen molar-refractivity contribution in [2.24, 2.45) is 0 Å². The molecule has 106 valence electrons. The fourth-order valence-corrected chi connectivity index (χ4v) is 3.49. The highest BCUT2D eigenvalue weighted by Gasteiger charge is 2.21. The first-order chi connectivity index (χ1) is 9.31. The molecular formula is C12H13ClN4O2S. The lowest BCUT2D eigenvalue weighted by Gasteiger charge is -2.13. The van der Waals surface area contributed by atoms with Gasteiger partial charge in [0.05, 0.1) is 4.90 Å². The van der Waals surface area contributed by atoms with Gasteiger partial charge in [-0.25, -0.2) is 13.4 Å². The standard InChI is InChI=1S/C12H13ClN4O2S/c1-7-3-4-9(14)8(2)11(7)20(18,19)17-10-5-6-15-12(13)16-10/h3-6H,14H2,1-2H3,(H,15,16,17). The number of nitrogens with one attached hydrogen (secondary N) is 1. The normalized spacial score (nSPS) is 11.3. The Kier molecular flexibility index (Phi) is 3.82. The van der Waals surface area contributed by atoms with Gasteiger partial charge in [-0.3, -0.25) is 4.72 Å². The highest BCUT2D eigenvalue weighted by molar-refractivity contribution is 7.92. The molecule has 0 saturated heterocycles. The molecular weight excluding hydrogens is 300 g/mol. The molecule has 3 N–H and O–H groups in total. The third kappa shape index (κ3) is 2.83. The Labute approximate surface area is 122 Å². The van der Waals surface area contributed by atoms with Crippen LogP contribution in [-0.2, 0) is 10.0 Å². The van der Waals surface area contributed by atoms with E-state index in [0.717, 1.165) is 0 Å². The maximum atomic E-state index is 12.4. The second kappa shape index (κ2) is 5.26. The number of hydrogen-bond acceptors (Lipinski definition) is 5. The number of benzene rings is 1. The van der Waals surface area contributed by atoms with E-state index in [1.54, 1.807) is 26.0 Å². The molecule has 0 aliphatic carbocycles. The molecule has 1 aromatic carbocycles. The van der Waals surface area contributed by atoms with Crippen LogP contribution in [0.5, 0.6) is 0 Å². The third-order valence-corrected chi connectivity index (χ3v) is 4.60. The smallest absolute Gasteiger partial charge is 0.263 e. The molecule has 8 heteroatoms. The Morgan fingerprint density at radius 1 is 1.25 bits per heavy atom. The maximum Gasteiger partial charge on any atom is 0.263 e. The number of nitrogens with two attached hydrogens (primary N) is 1. The summed E-state index contributed by atoms with van der Waals surface area (Å²) in [4.78, 5) is 7.64. The van der Waals surface area contributed by atoms with Crippen LogP contribution in [0.3, 0.4) is 0 Å². The summed E-state index contributed by atoms with van der Waals surface area (Å²) in [5, 5.41) is -0.0359. The van der Waals surface area contributed by atoms with E-state index in [9.17, 15) is 8.42 Å². The van der Waals surface area contributed by atoms with Gasteiger partial charge in [0.15, 0.2) is 0 Å². The first kappa shape index (κ1) is 14.5. The van der Waals surface area contributed by atoms with Crippen LogP contribution in [0.15, 0.2) is 29.3 Å². The minimum atomic E-state index is -3.79. The van der Waals surface area contributed by atoms with Crippen molar-refractivity contribution in [2.75, 3.05) is 10.5 Å². The average molecular weight is 313 g/mol. The van der Waals surface area contributed by atoms with Gasteiger partial charge in [-0.2, -0.15) is 4.98 Å². The number of hydrogen-bond donors (Lipinski definition) is 2. The zero-order valence-electron chi connectivity index (χ0n) is 10.9. The summed E-state index contributed by atoms with van der Waals surface area (Å²) >= 11 is 5.63. The van der Waals surface area contributed by atoms with Crippen LogP contribution in [0, 0.1) is 13.8 Å². The van der Waals surface area contributed by atoms with Crippen molar-refractivity contribution < 1.29 is 8.42 Å². The Hall–Kier alpha value is -1.86. The molecule has 0 aliphatic heterocycles. The van der Waals surface area contributed by atoms with Gasteiger partial charge in [-0.1, -0.05) is 6.07 Å². The molecule has 0 radical (unpaired) electrons. The second-order valence-corrected chi connectivity index (χ2v) is 6.20. The predicted molar refractivity (Wildman–Crippen MR) is 78.2 cm³/mol. The Balaban J connectivity index is 2.49. The van der Waals surface area contributed by atoms with Crippen LogP contribution >= 0.6 is 11.6 Å². The lowest BCUT2D eigenvalue weighted by molar-refractivity contribution is 0.600. The minimum absolute atomic E-state index is 0.0359. The van der Waals surface area contributed by atoms with Crippen molar-refractivity contribution in [2.45, 2.75) is 18.7 Å². The van der Waals surface area contributed by atoms with Crippen LogP contribution in [0.1, 0.15) is 11.1 Å². The van der Waals surface area contributed by atoms with E-state index < -0.39 is 10.0 Å². The number of anilines is 2. The zero-order valence-corrected chi connectivity index (χ0v) is 12.5. The first-order valence-electron chi connectivity index (χ1n) is 5.68. The van der Waals surface area contributed by atoms with Gasteiger partial charge in [-0.15, -0.1) is 0 Å². The third-order valence-electron chi connectivity index (χ3n) is 2.78. The molecule has 2 aromatic rings. The summed E-state index contributed by atoms with van der Waals surface area (Å²) in [6, 6.07) is 4.75. The van der Waals surface area contributed by atoms with Gasteiger partial charge in [0.2, 0.25) is 5.28 Å². The number of aromatic nitrogens is 2. The zero-order chi connectivity index (χ0) is 14.9. The van der Waals surface area contributed by atoms with Crippen LogP contribution in [0.4, 0.5) is 11.5 Å². The quantitative estimate of drug-likeness (QED) is 0.668. The summed E-state index contributed by atoms with van der Waals surface area (Å²) in [6.07, 6.45) is 1.37. The molecule has 0 unspecified atom stereocenters. The van der Waals surface area contributed by atoms with E-state index in [2.05, 4.69) is 14.7 Å². The molecule has 1 aromatic heterocycles. The number of nitrogen functional groups attached to an aromatic ring is 1. The van der Waals surface area contributed by atoms with Crippen molar-refractivity contribution in [1.29, 1.82) is 0 Å². The van der Waals surface area contributed by atoms with Gasteiger partial charge in [0, 0.05) is 11.9 Å². The van der Waals surface area contributed by atoms with Gasteiger partial charge < -0.3 is 5.73 Å². The largest absolute Gasteiger partial charge is 0.398 e. The highest BCUT2D eigenvalue weighted by Crippen LogP contribution is 2.26. The van der Waals surface area contributed by atoms with E-state index in [4.69, 9.17) is 17.3 Å². The van der Waals surface area contributed by atoms with Crippen LogP contribution in [0.25, 0.3) is 0 Å². The molecule has 2 rings (SSSR count). The van der Waals surface area contributed by atoms with E-state index in [0.29, 0.717) is 16.8 Å². The van der Waals surface area contributed by atoms with Crippen molar-refractivity contribution >= 4 is 33.1 Å². The highest BCUT2D eigenvalue weighted by atomic mass is 35.5. The molecule has 20 heavy (non-hydrogen) atoms. The molecule has 0 amide bonds. The molecule has 0 spiro atoms. The number of aryl methyl sites for hydroxylation is 1. The second-order valence-electron chi connectivity index (χ2n) is 4.24. The molecule has 6 nitrogen and oxygen atoms in total. The van der Waals surface area contributed by atoms with E-state index >= 15 is 0 Å². The van der Waals surface area contributed by atoms with E-state index in [-0.39, 0.29) is 16.0 Å². The van der Waals surface area contributed by atoms with Crippen LogP contribution in [-0.4, -0.2) is 18.4 Å². The lowest BCUT2D eigenvalue weighted by atomic mass is 10.1. The van der Waals surface area contributed by atoms with Crippen LogP contribution < -0.4 is 10.5 Å². The van der Waals surface area contributed by atoms with Gasteiger partial charge in [-0.05, 0) is 48.7 Å². The predicted octanol–water partition coefficient (Wildman–Crippen LogP) is 2.13. The average Bonchev–Trinajstić information content (AvgIpc) is 2.33. The summed E-state index contributed by atoms with van der Waals surface area (Å²) < 4.78 is 27.2. The molecule has 0 aliphatic rings. The van der Waals surface area contributed by atoms with E-state index in [1.807, 2.05) is 0 Å². The van der Waals surface area contributed by atoms with Crippen molar-refractivity contribution in [1.82, 2.24) is 9.97 Å². The SMILES string of the molecule is Cc1ccc(N)c(C)c1S(=O)(=O)Nc1ccnc(Cl)n1. The number of sulfonamides is 1. The van der Waals surface area contributed by atoms with Crippen LogP contribution in [0.2, 0.25) is 5.28 Å². The topological polar surface area (TPSA) is 98.0 Å². The fraction of sp³-hybridized carbons (Fsp3) is 0.167. The lowest BCUT2D eigenvalue weighted by Crippen LogP contribution is -2.17. The molecule has 0 atom stereocenters. The minimum Gasteiger partial charge on any atom is -0.398 e. The molecule has 0 bridgehead atoms.